The van der Waals surface area contributed by atoms with Gasteiger partial charge >= 0.3 is 18.0 Å². The molecule has 3 aromatic carbocycles. The van der Waals surface area contributed by atoms with Crippen molar-refractivity contribution in [2.45, 2.75) is 70.7 Å². The van der Waals surface area contributed by atoms with Crippen LogP contribution in [0, 0.1) is 5.92 Å². The molecule has 0 aromatic heterocycles. The van der Waals surface area contributed by atoms with Crippen LogP contribution >= 0.6 is 0 Å². The minimum atomic E-state index is -1.21. The lowest BCUT2D eigenvalue weighted by molar-refractivity contribution is -0.150. The predicted molar refractivity (Wildman–Crippen MR) is 171 cm³/mol. The number of nitrogens with one attached hydrogen (secondary N) is 2. The molecule has 4 bridgehead atoms. The van der Waals surface area contributed by atoms with E-state index in [0.717, 1.165) is 5.56 Å². The van der Waals surface area contributed by atoms with Gasteiger partial charge in [-0.15, -0.1) is 0 Å². The van der Waals surface area contributed by atoms with Gasteiger partial charge in [0.05, 0.1) is 25.5 Å². The average Bonchev–Trinajstić information content (AvgIpc) is 3.02. The maximum absolute atomic E-state index is 13.8. The Morgan fingerprint density at radius 2 is 1.60 bits per heavy atom. The van der Waals surface area contributed by atoms with Crippen LogP contribution in [0.4, 0.5) is 4.79 Å². The SMILES string of the molecule is COC(=O)C[C@@H]1CC(=O)[C@@H](NC(=O)OC(C)(C)C)Cc2cccc(c2)Oc2ccc(cc2)C[C@@H](C(=O)OCc2ccccc2)NC1=O. The van der Waals surface area contributed by atoms with E-state index in [1.807, 2.05) is 30.3 Å². The largest absolute Gasteiger partial charge is 0.469 e. The van der Waals surface area contributed by atoms with Gasteiger partial charge in [-0.1, -0.05) is 54.6 Å². The number of alkyl carbamates (subject to hydrolysis) is 1. The molecule has 11 heteroatoms. The molecular formula is C36H40N2O9. The van der Waals surface area contributed by atoms with Gasteiger partial charge in [0, 0.05) is 19.3 Å². The highest BCUT2D eigenvalue weighted by atomic mass is 16.6. The van der Waals surface area contributed by atoms with Crippen molar-refractivity contribution in [3.63, 3.8) is 0 Å². The first kappa shape index (κ1) is 34.7. The maximum atomic E-state index is 13.8. The van der Waals surface area contributed by atoms with E-state index in [4.69, 9.17) is 18.9 Å². The third-order valence-electron chi connectivity index (χ3n) is 7.30. The van der Waals surface area contributed by atoms with E-state index in [0.29, 0.717) is 22.6 Å². The van der Waals surface area contributed by atoms with Crippen LogP contribution in [0.25, 0.3) is 0 Å². The van der Waals surface area contributed by atoms with Gasteiger partial charge < -0.3 is 29.6 Å². The number of methoxy groups -OCH3 is 1. The molecule has 0 unspecified atom stereocenters. The Bertz CT molecular complexity index is 1570. The second-order valence-corrected chi connectivity index (χ2v) is 12.3. The smallest absolute Gasteiger partial charge is 0.408 e. The molecule has 2 amide bonds. The zero-order valence-corrected chi connectivity index (χ0v) is 26.9. The van der Waals surface area contributed by atoms with Crippen molar-refractivity contribution in [1.82, 2.24) is 10.6 Å². The maximum Gasteiger partial charge on any atom is 0.408 e. The van der Waals surface area contributed by atoms with E-state index < -0.39 is 66.2 Å². The number of esters is 2. The highest BCUT2D eigenvalue weighted by Crippen LogP contribution is 2.25. The molecule has 3 aromatic rings. The van der Waals surface area contributed by atoms with E-state index in [-0.39, 0.29) is 19.4 Å². The molecule has 3 atom stereocenters. The summed E-state index contributed by atoms with van der Waals surface area (Å²) in [6.07, 6.45) is -1.56. The average molecular weight is 645 g/mol. The van der Waals surface area contributed by atoms with Crippen LogP contribution in [-0.2, 0) is 52.8 Å². The zero-order chi connectivity index (χ0) is 34.0. The zero-order valence-electron chi connectivity index (χ0n) is 26.9. The molecule has 0 fully saturated rings. The standard InChI is InChI=1S/C36H40N2O9/c1-36(2,3)47-35(43)38-29-19-25-11-8-12-28(17-25)46-27-15-13-23(14-16-27)18-30(34(42)45-22-24-9-6-5-7-10-24)37-33(41)26(20-31(29)39)21-32(40)44-4/h5-17,26,29-30H,18-22H2,1-4H3,(H,37,41)(H,38,43)/t26-,29-,30-/m0/s1. The lowest BCUT2D eigenvalue weighted by Crippen LogP contribution is -2.48. The Balaban J connectivity index is 1.68. The van der Waals surface area contributed by atoms with Crippen LogP contribution in [0.1, 0.15) is 50.3 Å². The van der Waals surface area contributed by atoms with E-state index >= 15 is 0 Å². The molecule has 0 aliphatic carbocycles. The topological polar surface area (TPSA) is 146 Å². The minimum absolute atomic E-state index is 0.0145. The van der Waals surface area contributed by atoms with Crippen LogP contribution in [0.2, 0.25) is 0 Å². The van der Waals surface area contributed by atoms with Crippen molar-refractivity contribution in [2.24, 2.45) is 5.92 Å². The highest BCUT2D eigenvalue weighted by Gasteiger charge is 2.33. The molecule has 2 N–H and O–H groups in total. The molecular weight excluding hydrogens is 604 g/mol. The van der Waals surface area contributed by atoms with Crippen molar-refractivity contribution >= 4 is 29.7 Å². The monoisotopic (exact) mass is 644 g/mol. The molecule has 0 saturated carbocycles. The van der Waals surface area contributed by atoms with Crippen LogP contribution in [0.5, 0.6) is 11.5 Å². The molecule has 5 rings (SSSR count). The van der Waals surface area contributed by atoms with Crippen LogP contribution in [0.3, 0.4) is 0 Å². The van der Waals surface area contributed by atoms with Crippen LogP contribution in [-0.4, -0.2) is 54.5 Å². The molecule has 0 radical (unpaired) electrons. The predicted octanol–water partition coefficient (Wildman–Crippen LogP) is 4.84. The fourth-order valence-electron chi connectivity index (χ4n) is 4.97. The summed E-state index contributed by atoms with van der Waals surface area (Å²) in [6.45, 7) is 5.07. The second-order valence-electron chi connectivity index (χ2n) is 12.3. The quantitative estimate of drug-likeness (QED) is 0.284. The van der Waals surface area contributed by atoms with Crippen LogP contribution < -0.4 is 15.4 Å². The normalized spacial score (nSPS) is 18.6. The van der Waals surface area contributed by atoms with Crippen molar-refractivity contribution in [1.29, 1.82) is 0 Å². The number of benzene rings is 3. The van der Waals surface area contributed by atoms with Crippen molar-refractivity contribution < 1.29 is 42.9 Å². The Kier molecular flexibility index (Phi) is 11.7. The first-order valence-corrected chi connectivity index (χ1v) is 15.3. The van der Waals surface area contributed by atoms with Gasteiger partial charge in [-0.25, -0.2) is 9.59 Å². The number of hydrogen-bond donors (Lipinski definition) is 2. The Labute approximate surface area is 273 Å². The fourth-order valence-corrected chi connectivity index (χ4v) is 4.97. The van der Waals surface area contributed by atoms with Crippen molar-refractivity contribution in [3.8, 4) is 11.5 Å². The van der Waals surface area contributed by atoms with Gasteiger partial charge in [0.15, 0.2) is 5.78 Å². The van der Waals surface area contributed by atoms with E-state index in [2.05, 4.69) is 10.6 Å². The number of amides is 2. The molecule has 2 aliphatic rings. The third-order valence-corrected chi connectivity index (χ3v) is 7.30. The molecule has 0 spiro atoms. The van der Waals surface area contributed by atoms with E-state index in [1.54, 1.807) is 69.3 Å². The number of rotatable bonds is 6. The molecule has 0 saturated heterocycles. The van der Waals surface area contributed by atoms with Crippen molar-refractivity contribution in [2.75, 3.05) is 7.11 Å². The first-order valence-electron chi connectivity index (χ1n) is 15.3. The summed E-state index contributed by atoms with van der Waals surface area (Å²) in [5, 5.41) is 5.34. The Morgan fingerprint density at radius 1 is 0.872 bits per heavy atom. The lowest BCUT2D eigenvalue weighted by Gasteiger charge is -2.25. The summed E-state index contributed by atoms with van der Waals surface area (Å²) in [4.78, 5) is 66.1. The third kappa shape index (κ3) is 11.0. The molecule has 2 heterocycles. The van der Waals surface area contributed by atoms with Gasteiger partial charge in [-0.3, -0.25) is 14.4 Å². The molecule has 11 nitrogen and oxygen atoms in total. The summed E-state index contributed by atoms with van der Waals surface area (Å²) in [6, 6.07) is 20.9. The summed E-state index contributed by atoms with van der Waals surface area (Å²) in [5.41, 5.74) is 1.32. The number of carbonyl (C=O) groups is 5. The lowest BCUT2D eigenvalue weighted by atomic mass is 9.91. The van der Waals surface area contributed by atoms with Gasteiger partial charge in [0.2, 0.25) is 5.91 Å². The van der Waals surface area contributed by atoms with E-state index in [9.17, 15) is 24.0 Å². The number of ketones is 1. The second kappa shape index (κ2) is 15.9. The fraction of sp³-hybridized carbons (Fsp3) is 0.361. The molecule has 47 heavy (non-hydrogen) atoms. The molecule has 2 aliphatic heterocycles. The van der Waals surface area contributed by atoms with Crippen LogP contribution in [0.15, 0.2) is 78.9 Å². The number of carbonyl (C=O) groups excluding carboxylic acids is 5. The Morgan fingerprint density at radius 3 is 2.28 bits per heavy atom. The van der Waals surface area contributed by atoms with Gasteiger partial charge in [-0.2, -0.15) is 0 Å². The highest BCUT2D eigenvalue weighted by molar-refractivity contribution is 5.94. The number of Topliss-reactive ketones (excluding diaryl/α,β-unsaturated/α-hetero) is 1. The summed E-state index contributed by atoms with van der Waals surface area (Å²) < 4.78 is 21.8. The minimum Gasteiger partial charge on any atom is -0.469 e. The Hall–Kier alpha value is -5.19. The van der Waals surface area contributed by atoms with Gasteiger partial charge in [-0.05, 0) is 61.7 Å². The summed E-state index contributed by atoms with van der Waals surface area (Å²) >= 11 is 0. The summed E-state index contributed by atoms with van der Waals surface area (Å²) in [7, 11) is 1.18. The number of hydrogen-bond acceptors (Lipinski definition) is 9. The number of fused-ring (bicyclic) bond motifs is 10. The molecule has 248 valence electrons. The summed E-state index contributed by atoms with van der Waals surface area (Å²) in [5.74, 6) is -2.83. The van der Waals surface area contributed by atoms with Gasteiger partial charge in [0.25, 0.3) is 0 Å². The number of ether oxygens (including phenoxy) is 4. The van der Waals surface area contributed by atoms with Gasteiger partial charge in [0.1, 0.15) is 29.7 Å². The van der Waals surface area contributed by atoms with E-state index in [1.165, 1.54) is 7.11 Å². The van der Waals surface area contributed by atoms with Crippen molar-refractivity contribution in [3.05, 3.63) is 95.6 Å². The first-order chi connectivity index (χ1) is 22.4.